The second-order valence-electron chi connectivity index (χ2n) is 13.1. The lowest BCUT2D eigenvalue weighted by Gasteiger charge is -2.50. The van der Waals surface area contributed by atoms with Crippen molar-refractivity contribution in [3.63, 3.8) is 0 Å². The number of methoxy groups -OCH3 is 1. The molecule has 0 spiro atoms. The monoisotopic (exact) mass is 770 g/mol. The van der Waals surface area contributed by atoms with E-state index in [4.69, 9.17) is 27.9 Å². The van der Waals surface area contributed by atoms with Crippen LogP contribution in [0.2, 0.25) is 10.0 Å². The van der Waals surface area contributed by atoms with Crippen LogP contribution in [0.3, 0.4) is 0 Å². The Bertz CT molecular complexity index is 2140. The zero-order valence-electron chi connectivity index (χ0n) is 26.6. The fourth-order valence-corrected chi connectivity index (χ4v) is 9.65. The molecule has 4 aliphatic rings. The lowest BCUT2D eigenvalue weighted by Crippen LogP contribution is -2.53. The summed E-state index contributed by atoms with van der Waals surface area (Å²) >= 11 is 16.0. The molecule has 0 unspecified atom stereocenters. The highest BCUT2D eigenvalue weighted by Crippen LogP contribution is 2.65. The second-order valence-corrected chi connectivity index (χ2v) is 14.9. The van der Waals surface area contributed by atoms with E-state index in [9.17, 15) is 19.5 Å². The summed E-state index contributed by atoms with van der Waals surface area (Å²) < 4.78 is 5.92. The number of anilines is 2. The molecule has 11 heteroatoms. The number of amides is 4. The predicted molar refractivity (Wildman–Crippen MR) is 192 cm³/mol. The number of fused-ring (bicyclic) bond motifs is 4. The zero-order chi connectivity index (χ0) is 35.1. The highest BCUT2D eigenvalue weighted by Gasteiger charge is 2.70. The fraction of sp³-hybridized carbons (Fsp3) is 0.231. The Morgan fingerprint density at radius 2 is 1.54 bits per heavy atom. The van der Waals surface area contributed by atoms with E-state index in [-0.39, 0.29) is 36.2 Å². The number of hydrogen-bond acceptors (Lipinski definition) is 6. The molecule has 2 aliphatic heterocycles. The number of ether oxygens (including phenoxy) is 1. The van der Waals surface area contributed by atoms with Crippen LogP contribution in [0.4, 0.5) is 11.4 Å². The van der Waals surface area contributed by atoms with Crippen molar-refractivity contribution in [2.75, 3.05) is 16.9 Å². The third kappa shape index (κ3) is 4.63. The van der Waals surface area contributed by atoms with Gasteiger partial charge in [-0.25, -0.2) is 4.90 Å². The number of carbonyl (C=O) groups excluding carboxylic acids is 4. The molecule has 0 aromatic heterocycles. The topological polar surface area (TPSA) is 104 Å². The van der Waals surface area contributed by atoms with Crippen molar-refractivity contribution >= 4 is 74.1 Å². The quantitative estimate of drug-likeness (QED) is 0.164. The molecule has 0 radical (unpaired) electrons. The fourth-order valence-electron chi connectivity index (χ4n) is 8.88. The van der Waals surface area contributed by atoms with Gasteiger partial charge in [-0.2, -0.15) is 0 Å². The first-order valence-electron chi connectivity index (χ1n) is 16.2. The van der Waals surface area contributed by atoms with Gasteiger partial charge in [-0.05, 0) is 100 Å². The Hall–Kier alpha value is -4.44. The normalized spacial score (nSPS) is 27.2. The molecule has 50 heavy (non-hydrogen) atoms. The third-order valence-electron chi connectivity index (χ3n) is 10.9. The third-order valence-corrected chi connectivity index (χ3v) is 11.9. The van der Waals surface area contributed by atoms with E-state index >= 15 is 4.79 Å². The van der Waals surface area contributed by atoms with Crippen molar-refractivity contribution in [3.05, 3.63) is 128 Å². The number of halogens is 3. The minimum Gasteiger partial charge on any atom is -0.503 e. The molecular weight excluding hydrogens is 743 g/mol. The largest absolute Gasteiger partial charge is 0.503 e. The van der Waals surface area contributed by atoms with E-state index in [1.807, 2.05) is 36.4 Å². The van der Waals surface area contributed by atoms with Crippen LogP contribution in [0.1, 0.15) is 29.9 Å². The van der Waals surface area contributed by atoms with Gasteiger partial charge >= 0.3 is 0 Å². The lowest BCUT2D eigenvalue weighted by molar-refractivity contribution is -0.127. The number of nitrogens with zero attached hydrogens (tertiary/aromatic N) is 2. The first kappa shape index (κ1) is 32.7. The molecule has 2 saturated heterocycles. The van der Waals surface area contributed by atoms with Gasteiger partial charge < -0.3 is 9.84 Å². The van der Waals surface area contributed by atoms with Gasteiger partial charge in [-0.3, -0.25) is 24.1 Å². The van der Waals surface area contributed by atoms with E-state index in [1.54, 1.807) is 60.7 Å². The van der Waals surface area contributed by atoms with Crippen molar-refractivity contribution in [1.82, 2.24) is 0 Å². The highest BCUT2D eigenvalue weighted by molar-refractivity contribution is 9.10. The van der Waals surface area contributed by atoms with Crippen LogP contribution >= 0.6 is 39.1 Å². The van der Waals surface area contributed by atoms with E-state index in [2.05, 4.69) is 15.9 Å². The number of hydrogen-bond donors (Lipinski definition) is 1. The Balaban J connectivity index is 1.37. The number of carbonyl (C=O) groups is 4. The van der Waals surface area contributed by atoms with E-state index in [0.29, 0.717) is 37.0 Å². The molecule has 4 aromatic carbocycles. The van der Waals surface area contributed by atoms with E-state index in [0.717, 1.165) is 5.57 Å². The molecule has 3 fully saturated rings. The SMILES string of the molecule is COc1cc([C@H]2C3=CC[C@@H]4C(=O)N(c5ccc(Cl)cc5)C(=O)[C@@H]4[C@@H]3C[C@H]3C(=O)N(c4cccc(Cl)c4)C(=O)[C@@]23c2ccccc2)cc(Br)c1O. The zero-order valence-corrected chi connectivity index (χ0v) is 29.7. The average molecular weight is 772 g/mol. The van der Waals surface area contributed by atoms with Gasteiger partial charge in [0.15, 0.2) is 11.5 Å². The van der Waals surface area contributed by atoms with E-state index < -0.39 is 46.8 Å². The lowest BCUT2D eigenvalue weighted by atomic mass is 9.49. The highest BCUT2D eigenvalue weighted by atomic mass is 79.9. The number of benzene rings is 4. The Morgan fingerprint density at radius 3 is 2.24 bits per heavy atom. The van der Waals surface area contributed by atoms with Crippen LogP contribution in [0.25, 0.3) is 0 Å². The van der Waals surface area contributed by atoms with Crippen LogP contribution in [-0.4, -0.2) is 35.8 Å². The molecule has 6 atom stereocenters. The van der Waals surface area contributed by atoms with Crippen LogP contribution in [0.15, 0.2) is 107 Å². The van der Waals surface area contributed by atoms with Gasteiger partial charge in [-0.1, -0.05) is 71.2 Å². The summed E-state index contributed by atoms with van der Waals surface area (Å²) in [5.41, 5.74) is 1.35. The van der Waals surface area contributed by atoms with Crippen molar-refractivity contribution in [1.29, 1.82) is 0 Å². The summed E-state index contributed by atoms with van der Waals surface area (Å²) in [4.78, 5) is 61.1. The van der Waals surface area contributed by atoms with E-state index in [1.165, 1.54) is 16.9 Å². The molecule has 4 aromatic rings. The summed E-state index contributed by atoms with van der Waals surface area (Å²) in [5, 5.41) is 11.7. The Labute approximate surface area is 306 Å². The van der Waals surface area contributed by atoms with Crippen molar-refractivity contribution in [2.24, 2.45) is 23.7 Å². The van der Waals surface area contributed by atoms with Crippen LogP contribution in [0.5, 0.6) is 11.5 Å². The van der Waals surface area contributed by atoms with Crippen molar-refractivity contribution in [3.8, 4) is 11.5 Å². The number of rotatable bonds is 5. The average Bonchev–Trinajstić information content (AvgIpc) is 3.50. The van der Waals surface area contributed by atoms with Gasteiger partial charge in [0.25, 0.3) is 0 Å². The van der Waals surface area contributed by atoms with Crippen molar-refractivity contribution in [2.45, 2.75) is 24.2 Å². The molecule has 1 saturated carbocycles. The van der Waals surface area contributed by atoms with Gasteiger partial charge in [0.2, 0.25) is 23.6 Å². The Kier molecular flexibility index (Phi) is 7.93. The molecule has 1 N–H and O–H groups in total. The molecule has 2 aliphatic carbocycles. The molecule has 0 bridgehead atoms. The first-order valence-corrected chi connectivity index (χ1v) is 17.7. The Morgan fingerprint density at radius 1 is 0.800 bits per heavy atom. The summed E-state index contributed by atoms with van der Waals surface area (Å²) in [6.07, 6.45) is 2.42. The second kappa shape index (κ2) is 12.1. The number of imide groups is 2. The minimum absolute atomic E-state index is 0.115. The van der Waals surface area contributed by atoms with Gasteiger partial charge in [0.05, 0.1) is 46.1 Å². The molecule has 252 valence electrons. The van der Waals surface area contributed by atoms with Crippen LogP contribution in [0, 0.1) is 23.7 Å². The molecule has 2 heterocycles. The smallest absolute Gasteiger partial charge is 0.246 e. The summed E-state index contributed by atoms with van der Waals surface area (Å²) in [7, 11) is 1.44. The predicted octanol–water partition coefficient (Wildman–Crippen LogP) is 7.84. The maximum absolute atomic E-state index is 15.4. The standard InChI is InChI=1S/C39H29BrCl2N2O6/c1-50-31-17-20(16-30(40)34(31)45)33-26-14-15-27-32(37(48)43(35(27)46)24-12-10-22(41)11-13-24)28(26)19-29-36(47)44(25-9-5-8-23(42)18-25)38(49)39(29,33)21-6-3-2-4-7-21/h2-14,16-18,27-29,32-33,45H,15,19H2,1H3/t27-,28+,29-,32-,33-,39+/m0/s1. The van der Waals surface area contributed by atoms with Gasteiger partial charge in [0.1, 0.15) is 0 Å². The minimum atomic E-state index is -1.46. The summed E-state index contributed by atoms with van der Waals surface area (Å²) in [6, 6.07) is 25.9. The first-order chi connectivity index (χ1) is 24.1. The molecule has 4 amide bonds. The van der Waals surface area contributed by atoms with Gasteiger partial charge in [0, 0.05) is 16.0 Å². The maximum Gasteiger partial charge on any atom is 0.246 e. The van der Waals surface area contributed by atoms with Crippen LogP contribution < -0.4 is 14.5 Å². The van der Waals surface area contributed by atoms with Gasteiger partial charge in [-0.15, -0.1) is 0 Å². The van der Waals surface area contributed by atoms with Crippen molar-refractivity contribution < 1.29 is 29.0 Å². The number of phenolic OH excluding ortho intramolecular Hbond substituents is 1. The maximum atomic E-state index is 15.4. The number of phenols is 1. The molecular formula is C39H29BrCl2N2O6. The number of aromatic hydroxyl groups is 1. The summed E-state index contributed by atoms with van der Waals surface area (Å²) in [5.74, 6) is -5.10. The van der Waals surface area contributed by atoms with Crippen LogP contribution in [-0.2, 0) is 24.6 Å². The number of allylic oxidation sites excluding steroid dienone is 2. The molecule has 8 nitrogen and oxygen atoms in total. The molecule has 8 rings (SSSR count). The summed E-state index contributed by atoms with van der Waals surface area (Å²) in [6.45, 7) is 0.